The molecule has 0 radical (unpaired) electrons. The van der Waals surface area contributed by atoms with E-state index in [0.717, 1.165) is 24.7 Å². The lowest BCUT2D eigenvalue weighted by atomic mass is 9.88. The number of hydrogen-bond acceptors (Lipinski definition) is 2. The highest BCUT2D eigenvalue weighted by Crippen LogP contribution is 2.25. The SMILES string of the molecule is CCC1(CC)CN(Cc2ccccc2Cl)C(C)CN1. The average Bonchev–Trinajstić information content (AvgIpc) is 2.44. The molecular weight excluding hydrogens is 256 g/mol. The van der Waals surface area contributed by atoms with Gasteiger partial charge in [-0.1, -0.05) is 43.6 Å². The van der Waals surface area contributed by atoms with E-state index in [9.17, 15) is 0 Å². The molecule has 0 aliphatic carbocycles. The molecule has 0 aromatic heterocycles. The zero-order valence-electron chi connectivity index (χ0n) is 12.2. The second-order valence-corrected chi connectivity index (χ2v) is 6.12. The molecule has 1 aromatic rings. The molecule has 2 nitrogen and oxygen atoms in total. The lowest BCUT2D eigenvalue weighted by molar-refractivity contribution is 0.0746. The fraction of sp³-hybridized carbons (Fsp3) is 0.625. The normalized spacial score (nSPS) is 23.5. The van der Waals surface area contributed by atoms with E-state index in [1.54, 1.807) is 0 Å². The lowest BCUT2D eigenvalue weighted by Gasteiger charge is -2.46. The van der Waals surface area contributed by atoms with E-state index in [1.807, 2.05) is 12.1 Å². The summed E-state index contributed by atoms with van der Waals surface area (Å²) in [5.41, 5.74) is 1.51. The Bertz CT molecular complexity index is 415. The number of halogens is 1. The second kappa shape index (κ2) is 6.25. The smallest absolute Gasteiger partial charge is 0.0451 e. The van der Waals surface area contributed by atoms with Crippen LogP contribution in [0.1, 0.15) is 39.2 Å². The van der Waals surface area contributed by atoms with Crippen LogP contribution in [0.3, 0.4) is 0 Å². The quantitative estimate of drug-likeness (QED) is 0.905. The Morgan fingerprint density at radius 1 is 1.32 bits per heavy atom. The summed E-state index contributed by atoms with van der Waals surface area (Å²) < 4.78 is 0. The third-order valence-electron chi connectivity index (χ3n) is 4.59. The maximum atomic E-state index is 6.29. The van der Waals surface area contributed by atoms with Gasteiger partial charge in [0.1, 0.15) is 0 Å². The first kappa shape index (κ1) is 14.8. The molecule has 19 heavy (non-hydrogen) atoms. The number of nitrogens with zero attached hydrogens (tertiary/aromatic N) is 1. The van der Waals surface area contributed by atoms with Crippen LogP contribution in [0.25, 0.3) is 0 Å². The summed E-state index contributed by atoms with van der Waals surface area (Å²) >= 11 is 6.29. The molecule has 1 saturated heterocycles. The third kappa shape index (κ3) is 3.31. The Labute approximate surface area is 122 Å². The second-order valence-electron chi connectivity index (χ2n) is 5.71. The van der Waals surface area contributed by atoms with Crippen molar-refractivity contribution in [3.63, 3.8) is 0 Å². The van der Waals surface area contributed by atoms with Crippen LogP contribution in [-0.4, -0.2) is 29.6 Å². The van der Waals surface area contributed by atoms with Crippen LogP contribution in [0, 0.1) is 0 Å². The van der Waals surface area contributed by atoms with E-state index in [4.69, 9.17) is 11.6 Å². The molecule has 1 atom stereocenters. The zero-order chi connectivity index (χ0) is 13.9. The van der Waals surface area contributed by atoms with Gasteiger partial charge in [0.2, 0.25) is 0 Å². The Hall–Kier alpha value is -0.570. The molecule has 1 heterocycles. The van der Waals surface area contributed by atoms with Crippen molar-refractivity contribution < 1.29 is 0 Å². The molecule has 0 amide bonds. The number of piperazine rings is 1. The van der Waals surface area contributed by atoms with Crippen LogP contribution >= 0.6 is 11.6 Å². The first-order chi connectivity index (χ1) is 9.10. The monoisotopic (exact) mass is 280 g/mol. The van der Waals surface area contributed by atoms with Crippen molar-refractivity contribution in [3.05, 3.63) is 34.9 Å². The van der Waals surface area contributed by atoms with Gasteiger partial charge in [-0.15, -0.1) is 0 Å². The highest BCUT2D eigenvalue weighted by molar-refractivity contribution is 6.31. The van der Waals surface area contributed by atoms with Crippen molar-refractivity contribution in [2.24, 2.45) is 0 Å². The van der Waals surface area contributed by atoms with E-state index in [2.05, 4.69) is 43.1 Å². The van der Waals surface area contributed by atoms with Crippen LogP contribution in [0.4, 0.5) is 0 Å². The highest BCUT2D eigenvalue weighted by Gasteiger charge is 2.34. The van der Waals surface area contributed by atoms with Crippen LogP contribution < -0.4 is 5.32 Å². The van der Waals surface area contributed by atoms with Gasteiger partial charge in [-0.25, -0.2) is 0 Å². The fourth-order valence-corrected chi connectivity index (χ4v) is 3.07. The van der Waals surface area contributed by atoms with Gasteiger partial charge in [0.15, 0.2) is 0 Å². The lowest BCUT2D eigenvalue weighted by Crippen LogP contribution is -2.62. The third-order valence-corrected chi connectivity index (χ3v) is 4.96. The molecule has 3 heteroatoms. The molecular formula is C16H25ClN2. The van der Waals surface area contributed by atoms with Crippen LogP contribution in [0.15, 0.2) is 24.3 Å². The summed E-state index contributed by atoms with van der Waals surface area (Å²) in [5.74, 6) is 0. The molecule has 1 aliphatic heterocycles. The standard InChI is InChI=1S/C16H25ClN2/c1-4-16(5-2)12-19(13(3)10-18-16)11-14-8-6-7-9-15(14)17/h6-9,13,18H,4-5,10-12H2,1-3H3. The zero-order valence-corrected chi connectivity index (χ0v) is 13.0. The Kier molecular flexibility index (Phi) is 4.88. The molecule has 0 spiro atoms. The average molecular weight is 281 g/mol. The molecule has 106 valence electrons. The van der Waals surface area contributed by atoms with Crippen LogP contribution in [0.5, 0.6) is 0 Å². The van der Waals surface area contributed by atoms with Crippen molar-refractivity contribution >= 4 is 11.6 Å². The van der Waals surface area contributed by atoms with Crippen molar-refractivity contribution in [2.75, 3.05) is 13.1 Å². The largest absolute Gasteiger partial charge is 0.308 e. The minimum absolute atomic E-state index is 0.272. The molecule has 1 fully saturated rings. The van der Waals surface area contributed by atoms with Crippen molar-refractivity contribution in [1.82, 2.24) is 10.2 Å². The maximum absolute atomic E-state index is 6.29. The van der Waals surface area contributed by atoms with Crippen molar-refractivity contribution in [3.8, 4) is 0 Å². The summed E-state index contributed by atoms with van der Waals surface area (Å²) in [5, 5.41) is 4.62. The molecule has 2 rings (SSSR count). The van der Waals surface area contributed by atoms with Gasteiger partial charge in [0, 0.05) is 36.2 Å². The highest BCUT2D eigenvalue weighted by atomic mass is 35.5. The Morgan fingerprint density at radius 3 is 2.63 bits per heavy atom. The number of nitrogens with one attached hydrogen (secondary N) is 1. The van der Waals surface area contributed by atoms with E-state index >= 15 is 0 Å². The summed E-state index contributed by atoms with van der Waals surface area (Å²) in [7, 11) is 0. The van der Waals surface area contributed by atoms with Gasteiger partial charge in [-0.2, -0.15) is 0 Å². The van der Waals surface area contributed by atoms with E-state index in [1.165, 1.54) is 18.4 Å². The predicted molar refractivity (Wildman–Crippen MR) is 82.6 cm³/mol. The maximum Gasteiger partial charge on any atom is 0.0451 e. The van der Waals surface area contributed by atoms with Crippen molar-refractivity contribution in [1.29, 1.82) is 0 Å². The molecule has 1 unspecified atom stereocenters. The minimum atomic E-state index is 0.272. The van der Waals surface area contributed by atoms with E-state index in [0.29, 0.717) is 6.04 Å². The number of hydrogen-bond donors (Lipinski definition) is 1. The first-order valence-corrected chi connectivity index (χ1v) is 7.70. The number of benzene rings is 1. The van der Waals surface area contributed by atoms with Gasteiger partial charge in [-0.05, 0) is 31.4 Å². The van der Waals surface area contributed by atoms with E-state index in [-0.39, 0.29) is 5.54 Å². The first-order valence-electron chi connectivity index (χ1n) is 7.32. The summed E-state index contributed by atoms with van der Waals surface area (Å²) in [6.45, 7) is 9.96. The minimum Gasteiger partial charge on any atom is -0.308 e. The summed E-state index contributed by atoms with van der Waals surface area (Å²) in [6, 6.07) is 8.74. The van der Waals surface area contributed by atoms with E-state index < -0.39 is 0 Å². The van der Waals surface area contributed by atoms with Crippen LogP contribution in [-0.2, 0) is 6.54 Å². The predicted octanol–water partition coefficient (Wildman–Crippen LogP) is 3.69. The Morgan fingerprint density at radius 2 is 2.00 bits per heavy atom. The van der Waals surface area contributed by atoms with Crippen LogP contribution in [0.2, 0.25) is 5.02 Å². The Balaban J connectivity index is 2.12. The van der Waals surface area contributed by atoms with Crippen molar-refractivity contribution in [2.45, 2.75) is 51.7 Å². The summed E-state index contributed by atoms with van der Waals surface area (Å²) in [4.78, 5) is 2.56. The van der Waals surface area contributed by atoms with Gasteiger partial charge < -0.3 is 5.32 Å². The molecule has 1 aromatic carbocycles. The van der Waals surface area contributed by atoms with Gasteiger partial charge >= 0.3 is 0 Å². The fourth-order valence-electron chi connectivity index (χ4n) is 2.87. The molecule has 1 N–H and O–H groups in total. The van der Waals surface area contributed by atoms with Gasteiger partial charge in [-0.3, -0.25) is 4.90 Å². The molecule has 0 saturated carbocycles. The topological polar surface area (TPSA) is 15.3 Å². The van der Waals surface area contributed by atoms with Gasteiger partial charge in [0.25, 0.3) is 0 Å². The van der Waals surface area contributed by atoms with Gasteiger partial charge in [0.05, 0.1) is 0 Å². The summed E-state index contributed by atoms with van der Waals surface area (Å²) in [6.07, 6.45) is 2.35. The number of rotatable bonds is 4. The molecule has 0 bridgehead atoms. The molecule has 1 aliphatic rings.